The fraction of sp³-hybridized carbons (Fsp3) is 0.500. The number of thiol groups is 1. The Labute approximate surface area is 463 Å². The van der Waals surface area contributed by atoms with Gasteiger partial charge in [-0.25, -0.2) is 24.5 Å². The molecule has 0 radical (unpaired) electrons. The van der Waals surface area contributed by atoms with E-state index in [2.05, 4.69) is 59.8 Å². The molecule has 7 rings (SSSR count). The third kappa shape index (κ3) is 18.1. The summed E-state index contributed by atoms with van der Waals surface area (Å²) in [6.07, 6.45) is 12.4. The van der Waals surface area contributed by atoms with Gasteiger partial charge in [-0.1, -0.05) is 30.7 Å². The number of aromatic nitrogens is 2. The second-order valence-corrected chi connectivity index (χ2v) is 20.7. The van der Waals surface area contributed by atoms with Crippen LogP contribution in [0.4, 0.5) is 26.8 Å². The molecule has 3 aliphatic rings. The van der Waals surface area contributed by atoms with Crippen molar-refractivity contribution in [3.8, 4) is 11.5 Å². The van der Waals surface area contributed by atoms with Crippen molar-refractivity contribution >= 4 is 93.0 Å². The highest BCUT2D eigenvalue weighted by Crippen LogP contribution is 2.45. The van der Waals surface area contributed by atoms with Crippen LogP contribution in [0.2, 0.25) is 0 Å². The molecule has 2 fully saturated rings. The molecule has 2 saturated heterocycles. The maximum atomic E-state index is 13.8. The highest BCUT2D eigenvalue weighted by molar-refractivity contribution is 7.81. The van der Waals surface area contributed by atoms with Gasteiger partial charge in [-0.15, -0.1) is 11.3 Å². The number of nitrogens with one attached hydrogen (secondary N) is 7. The van der Waals surface area contributed by atoms with E-state index in [1.807, 2.05) is 37.3 Å². The van der Waals surface area contributed by atoms with Gasteiger partial charge in [-0.3, -0.25) is 24.0 Å². The van der Waals surface area contributed by atoms with Crippen LogP contribution in [0.1, 0.15) is 87.2 Å². The Morgan fingerprint density at radius 1 is 0.808 bits per heavy atom. The summed E-state index contributed by atoms with van der Waals surface area (Å²) in [5.41, 5.74) is 0.910. The molecular formula is C54H71N11O11S2. The Bertz CT molecular complexity index is 2680. The molecule has 24 heteroatoms. The number of nitrogens with zero attached hydrogens (tertiary/aromatic N) is 4. The zero-order valence-electron chi connectivity index (χ0n) is 43.9. The Morgan fingerprint density at radius 3 is 2.18 bits per heavy atom. The number of urea groups is 2. The number of para-hydroxylation sites is 1. The number of unbranched alkanes of at least 4 members (excludes halogenated alkanes) is 1. The smallest absolute Gasteiger partial charge is 0.332 e. The van der Waals surface area contributed by atoms with Crippen molar-refractivity contribution in [3.63, 3.8) is 0 Å². The average Bonchev–Trinajstić information content (AvgIpc) is 4.03. The second-order valence-electron chi connectivity index (χ2n) is 19.0. The van der Waals surface area contributed by atoms with E-state index in [1.54, 1.807) is 35.4 Å². The highest BCUT2D eigenvalue weighted by atomic mass is 32.1. The summed E-state index contributed by atoms with van der Waals surface area (Å²) in [5, 5.41) is 20.8. The largest absolute Gasteiger partial charge is 0.456 e. The lowest BCUT2D eigenvalue weighted by Gasteiger charge is -2.32. The minimum absolute atomic E-state index is 0.00629. The molecule has 1 aromatic carbocycles. The van der Waals surface area contributed by atoms with Crippen molar-refractivity contribution in [1.82, 2.24) is 46.8 Å². The van der Waals surface area contributed by atoms with Gasteiger partial charge in [-0.05, 0) is 82.2 Å². The number of carbonyl (C=O) groups excluding carboxylic acids is 7. The molecule has 7 N–H and O–H groups in total. The maximum Gasteiger partial charge on any atom is 0.332 e. The summed E-state index contributed by atoms with van der Waals surface area (Å²) < 4.78 is 22.5. The molecule has 0 bridgehead atoms. The van der Waals surface area contributed by atoms with Crippen LogP contribution >= 0.6 is 24.0 Å². The van der Waals surface area contributed by atoms with Crippen molar-refractivity contribution in [3.05, 3.63) is 78.0 Å². The molecule has 3 aliphatic heterocycles. The quantitative estimate of drug-likeness (QED) is 0.0165. The number of anilines is 3. The van der Waals surface area contributed by atoms with E-state index in [4.69, 9.17) is 18.9 Å². The maximum absolute atomic E-state index is 13.8. The zero-order chi connectivity index (χ0) is 55.1. The van der Waals surface area contributed by atoms with E-state index in [0.717, 1.165) is 19.3 Å². The number of hydrogen-bond acceptors (Lipinski definition) is 15. The number of piperidine rings is 1. The van der Waals surface area contributed by atoms with Gasteiger partial charge in [0.25, 0.3) is 5.91 Å². The normalized spacial score (nSPS) is 17.3. The van der Waals surface area contributed by atoms with Gasteiger partial charge < -0.3 is 61.1 Å². The van der Waals surface area contributed by atoms with Gasteiger partial charge in [0, 0.05) is 94.8 Å². The van der Waals surface area contributed by atoms with Gasteiger partial charge >= 0.3 is 12.1 Å². The fourth-order valence-electron chi connectivity index (χ4n) is 9.03. The van der Waals surface area contributed by atoms with Gasteiger partial charge in [0.15, 0.2) is 0 Å². The summed E-state index contributed by atoms with van der Waals surface area (Å²) in [6.45, 7) is 6.59. The first kappa shape index (κ1) is 58.8. The van der Waals surface area contributed by atoms with Gasteiger partial charge in [0.1, 0.15) is 27.0 Å². The summed E-state index contributed by atoms with van der Waals surface area (Å²) in [4.78, 5) is 102. The Balaban J connectivity index is 0.672. The molecule has 4 aromatic rings. The molecule has 420 valence electrons. The average molecular weight is 1110 g/mol. The van der Waals surface area contributed by atoms with Crippen LogP contribution in [0.5, 0.6) is 11.5 Å². The molecule has 9 amide bonds. The van der Waals surface area contributed by atoms with E-state index in [-0.39, 0.29) is 78.3 Å². The molecule has 78 heavy (non-hydrogen) atoms. The lowest BCUT2D eigenvalue weighted by Crippen LogP contribution is -2.49. The number of thiophene rings is 1. The molecule has 0 spiro atoms. The van der Waals surface area contributed by atoms with Crippen LogP contribution in [-0.2, 0) is 33.4 Å². The van der Waals surface area contributed by atoms with E-state index in [1.165, 1.54) is 28.5 Å². The lowest BCUT2D eigenvalue weighted by molar-refractivity contribution is -0.127. The Morgan fingerprint density at radius 2 is 1.50 bits per heavy atom. The number of ether oxygens (including phenoxy) is 4. The first-order valence-corrected chi connectivity index (χ1v) is 28.0. The summed E-state index contributed by atoms with van der Waals surface area (Å²) in [5.74, 6) is 0.536. The van der Waals surface area contributed by atoms with Crippen molar-refractivity contribution in [2.24, 2.45) is 0 Å². The minimum atomic E-state index is -0.483. The van der Waals surface area contributed by atoms with E-state index in [0.29, 0.717) is 148 Å². The molecule has 0 aliphatic carbocycles. The molecule has 6 heterocycles. The summed E-state index contributed by atoms with van der Waals surface area (Å²) >= 11 is 5.80. The second kappa shape index (κ2) is 30.9. The van der Waals surface area contributed by atoms with E-state index in [9.17, 15) is 33.6 Å². The molecule has 1 unspecified atom stereocenters. The van der Waals surface area contributed by atoms with Gasteiger partial charge in [0.2, 0.25) is 23.6 Å². The molecular weight excluding hydrogens is 1040 g/mol. The molecule has 4 atom stereocenters. The Kier molecular flexibility index (Phi) is 23.3. The predicted octanol–water partition coefficient (Wildman–Crippen LogP) is 5.72. The van der Waals surface area contributed by atoms with Crippen LogP contribution in [0, 0.1) is 0 Å². The van der Waals surface area contributed by atoms with Crippen LogP contribution < -0.4 is 46.9 Å². The first-order valence-electron chi connectivity index (χ1n) is 26.7. The Hall–Kier alpha value is -6.86. The van der Waals surface area contributed by atoms with Crippen LogP contribution in [0.15, 0.2) is 73.1 Å². The van der Waals surface area contributed by atoms with Crippen molar-refractivity contribution in [2.45, 2.75) is 101 Å². The summed E-state index contributed by atoms with van der Waals surface area (Å²) in [6, 6.07) is 13.5. The number of carbonyl (C=O) groups is 7. The lowest BCUT2D eigenvalue weighted by atomic mass is 10.0. The monoisotopic (exact) mass is 1110 g/mol. The number of hydrogen-bond donors (Lipinski definition) is 8. The SMILES string of the molecule is C[C@H]1NC(=O)N[C@H]1[C@H](S)CCCCC(=O)NCCCOCCOCCOCCCNC(=O)CCCC(=O)NC/C=C/C(=O)N1CCCC(NC(=O)c2sc3nccc4c3c2NC(=O)N4c2ccc(Oc3ccccc3)cn2)C1. The third-order valence-electron chi connectivity index (χ3n) is 13.0. The summed E-state index contributed by atoms with van der Waals surface area (Å²) in [7, 11) is 0. The molecule has 0 saturated carbocycles. The van der Waals surface area contributed by atoms with Crippen LogP contribution in [-0.4, -0.2) is 152 Å². The van der Waals surface area contributed by atoms with Crippen LogP contribution in [0.25, 0.3) is 10.2 Å². The number of pyridine rings is 2. The van der Waals surface area contributed by atoms with Crippen LogP contribution in [0.3, 0.4) is 0 Å². The highest BCUT2D eigenvalue weighted by Gasteiger charge is 2.35. The number of likely N-dealkylation sites (tertiary alicyclic amines) is 1. The van der Waals surface area contributed by atoms with Crippen molar-refractivity contribution < 1.29 is 52.5 Å². The zero-order valence-corrected chi connectivity index (χ0v) is 45.6. The third-order valence-corrected chi connectivity index (χ3v) is 14.7. The van der Waals surface area contributed by atoms with Crippen molar-refractivity contribution in [2.75, 3.05) is 82.6 Å². The topological polar surface area (TPSA) is 273 Å². The fourth-order valence-corrected chi connectivity index (χ4v) is 10.6. The predicted molar refractivity (Wildman–Crippen MR) is 298 cm³/mol. The minimum Gasteiger partial charge on any atom is -0.456 e. The molecule has 3 aromatic heterocycles. The van der Waals surface area contributed by atoms with Gasteiger partial charge in [-0.2, -0.15) is 12.6 Å². The van der Waals surface area contributed by atoms with E-state index >= 15 is 0 Å². The number of benzene rings is 1. The molecule has 22 nitrogen and oxygen atoms in total. The van der Waals surface area contributed by atoms with E-state index < -0.39 is 6.03 Å². The van der Waals surface area contributed by atoms with Gasteiger partial charge in [0.05, 0.1) is 55.4 Å². The van der Waals surface area contributed by atoms with Crippen molar-refractivity contribution in [1.29, 1.82) is 0 Å². The number of rotatable bonds is 32. The standard InChI is InChI=1S/C54H71N11O11S2/c1-36-48(62-53(71)60-36)41(77)15-5-6-16-43(66)56-24-10-28-73-30-32-75-33-31-74-29-11-25-57-45(68)18-7-17-44(67)55-23-8-19-46(69)64-27-9-12-37(35-64)61-51(70)50-49-47-40(22-26-58-52(47)78-50)65(54(72)63-49)42-21-20-39(34-59-42)76-38-13-3-2-4-14-38/h2-4,8,13-14,19-22,26,34,36-37,41,48,77H,5-7,9-12,15-18,23-25,27-33,35H2,1H3,(H,55,67)(H,56,66)(H,57,68)(H,61,70)(H,63,72)(H2,60,62,71)/b19-8+/t36-,37?,41-,48-/m1/s1. The number of amides is 9. The first-order chi connectivity index (χ1) is 37.9.